The molecule has 2 unspecified atom stereocenters. The first-order valence-electron chi connectivity index (χ1n) is 16.2. The molecule has 50 heavy (non-hydrogen) atoms. The lowest BCUT2D eigenvalue weighted by Gasteiger charge is -2.28. The molecule has 0 aliphatic carbocycles. The Morgan fingerprint density at radius 3 is 2.06 bits per heavy atom. The van der Waals surface area contributed by atoms with Crippen molar-refractivity contribution in [3.8, 4) is 40.2 Å². The highest BCUT2D eigenvalue weighted by Gasteiger charge is 2.28. The van der Waals surface area contributed by atoms with Gasteiger partial charge in [-0.15, -0.1) is 0 Å². The number of carbonyl (C=O) groups is 1. The first kappa shape index (κ1) is 34.1. The number of hydrogen-bond donors (Lipinski definition) is 2. The molecule has 0 fully saturated rings. The quantitative estimate of drug-likeness (QED) is 0.140. The van der Waals surface area contributed by atoms with E-state index in [2.05, 4.69) is 15.8 Å². The Hall–Kier alpha value is -5.78. The topological polar surface area (TPSA) is 127 Å². The van der Waals surface area contributed by atoms with Crippen LogP contribution < -0.4 is 43.8 Å². The van der Waals surface area contributed by atoms with Gasteiger partial charge in [-0.05, 0) is 66.6 Å². The number of hydrogen-bond acceptors (Lipinski definition) is 11. The molecule has 0 aromatic heterocycles. The van der Waals surface area contributed by atoms with Gasteiger partial charge in [-0.3, -0.25) is 4.79 Å². The van der Waals surface area contributed by atoms with Gasteiger partial charge in [-0.1, -0.05) is 28.9 Å². The molecular formula is C38H41N3O9. The predicted molar refractivity (Wildman–Crippen MR) is 188 cm³/mol. The third-order valence-electron chi connectivity index (χ3n) is 8.55. The number of benzene rings is 4. The second kappa shape index (κ2) is 15.2. The molecule has 0 radical (unpaired) electrons. The fourth-order valence-electron chi connectivity index (χ4n) is 5.93. The smallest absolute Gasteiger partial charge is 0.255 e. The van der Waals surface area contributed by atoms with E-state index in [1.165, 1.54) is 0 Å². The molecule has 0 saturated carbocycles. The summed E-state index contributed by atoms with van der Waals surface area (Å²) in [6.07, 6.45) is 0.423. The van der Waals surface area contributed by atoms with E-state index in [1.807, 2.05) is 73.7 Å². The van der Waals surface area contributed by atoms with Gasteiger partial charge in [0, 0.05) is 24.1 Å². The van der Waals surface area contributed by atoms with Crippen LogP contribution in [0.2, 0.25) is 0 Å². The van der Waals surface area contributed by atoms with Gasteiger partial charge in [-0.25, -0.2) is 0 Å². The van der Waals surface area contributed by atoms with E-state index in [0.717, 1.165) is 33.7 Å². The highest BCUT2D eigenvalue weighted by Crippen LogP contribution is 2.41. The summed E-state index contributed by atoms with van der Waals surface area (Å²) in [5, 5.41) is 10.8. The van der Waals surface area contributed by atoms with Crippen molar-refractivity contribution >= 4 is 17.3 Å². The van der Waals surface area contributed by atoms with Crippen LogP contribution in [0.3, 0.4) is 0 Å². The van der Waals surface area contributed by atoms with Crippen LogP contribution in [0.5, 0.6) is 40.2 Å². The zero-order valence-electron chi connectivity index (χ0n) is 29.0. The molecule has 0 saturated heterocycles. The molecule has 2 aliphatic heterocycles. The minimum Gasteiger partial charge on any atom is -0.493 e. The Bertz CT molecular complexity index is 1870. The molecule has 0 bridgehead atoms. The van der Waals surface area contributed by atoms with Crippen molar-refractivity contribution in [2.24, 2.45) is 5.16 Å². The Labute approximate surface area is 291 Å². The van der Waals surface area contributed by atoms with Crippen LogP contribution in [0.25, 0.3) is 0 Å². The summed E-state index contributed by atoms with van der Waals surface area (Å²) < 4.78 is 39.8. The van der Waals surface area contributed by atoms with Gasteiger partial charge in [0.05, 0.1) is 60.0 Å². The largest absolute Gasteiger partial charge is 0.493 e. The number of rotatable bonds is 14. The Morgan fingerprint density at radius 2 is 1.36 bits per heavy atom. The first-order chi connectivity index (χ1) is 24.3. The summed E-state index contributed by atoms with van der Waals surface area (Å²) in [5.41, 5.74) is 5.76. The van der Waals surface area contributed by atoms with Crippen LogP contribution in [0, 0.1) is 6.92 Å². The first-order valence-corrected chi connectivity index (χ1v) is 16.2. The molecule has 6 rings (SSSR count). The predicted octanol–water partition coefficient (Wildman–Crippen LogP) is 6.61. The molecule has 2 heterocycles. The van der Waals surface area contributed by atoms with Gasteiger partial charge < -0.3 is 48.6 Å². The fourth-order valence-corrected chi connectivity index (χ4v) is 5.93. The molecule has 1 amide bonds. The molecular weight excluding hydrogens is 642 g/mol. The summed E-state index contributed by atoms with van der Waals surface area (Å²) >= 11 is 0. The third kappa shape index (κ3) is 7.14. The maximum absolute atomic E-state index is 12.7. The van der Waals surface area contributed by atoms with Crippen LogP contribution in [0.4, 0.5) is 5.69 Å². The fraction of sp³-hybridized carbons (Fsp3) is 0.316. The molecule has 262 valence electrons. The highest BCUT2D eigenvalue weighted by molar-refractivity contribution is 6.03. The molecule has 2 N–H and O–H groups in total. The summed E-state index contributed by atoms with van der Waals surface area (Å²) in [6, 6.07) is 20.8. The van der Waals surface area contributed by atoms with Crippen LogP contribution in [-0.2, 0) is 4.84 Å². The van der Waals surface area contributed by atoms with Crippen molar-refractivity contribution in [1.82, 2.24) is 5.32 Å². The zero-order valence-corrected chi connectivity index (χ0v) is 29.0. The molecule has 2 aliphatic rings. The van der Waals surface area contributed by atoms with Gasteiger partial charge >= 0.3 is 0 Å². The van der Waals surface area contributed by atoms with Gasteiger partial charge in [0.2, 0.25) is 5.75 Å². The van der Waals surface area contributed by atoms with Gasteiger partial charge in [-0.2, -0.15) is 0 Å². The summed E-state index contributed by atoms with van der Waals surface area (Å²) in [6.45, 7) is 2.74. The number of methoxy groups -OCH3 is 5. The number of aryl methyl sites for hydroxylation is 1. The molecule has 12 nitrogen and oxygen atoms in total. The van der Waals surface area contributed by atoms with Gasteiger partial charge in [0.15, 0.2) is 40.6 Å². The minimum absolute atomic E-state index is 0.126. The standard InChI is InChI=1S/C38H41N3O9/c1-22-8-11-27-26(16-22)38(42)40-37(39-27)24-10-13-30(32(18-24)44-3)48-14-7-15-49-33-17-23(9-12-29(33)43-2)31-21-28(41-50-31)25-19-34(45-4)36(47-6)35(20-25)46-5/h8-13,16-20,31,37,39H,7,14-15,21H2,1-6H3,(H,40,42). The second-order valence-corrected chi connectivity index (χ2v) is 11.7. The number of nitrogens with one attached hydrogen (secondary N) is 2. The number of carbonyl (C=O) groups excluding carboxylic acids is 1. The molecule has 4 aromatic carbocycles. The average molecular weight is 684 g/mol. The normalized spacial score (nSPS) is 16.2. The second-order valence-electron chi connectivity index (χ2n) is 11.7. The lowest BCUT2D eigenvalue weighted by atomic mass is 9.99. The SMILES string of the molecule is COc1cc(C2NC(=O)c3cc(C)ccc3N2)ccc1OCCCOc1cc(C2CC(c3cc(OC)c(OC)c(OC)c3)=NO2)ccc1OC. The molecule has 4 aromatic rings. The van der Waals surface area contributed by atoms with E-state index >= 15 is 0 Å². The summed E-state index contributed by atoms with van der Waals surface area (Å²) in [5.74, 6) is 3.83. The third-order valence-corrected chi connectivity index (χ3v) is 8.55. The van der Waals surface area contributed by atoms with Gasteiger partial charge in [0.25, 0.3) is 5.91 Å². The van der Waals surface area contributed by atoms with Crippen LogP contribution >= 0.6 is 0 Å². The van der Waals surface area contributed by atoms with Crippen molar-refractivity contribution in [2.75, 3.05) is 54.1 Å². The van der Waals surface area contributed by atoms with Crippen LogP contribution in [0.15, 0.2) is 71.9 Å². The molecule has 12 heteroatoms. The molecule has 2 atom stereocenters. The van der Waals surface area contributed by atoms with Crippen molar-refractivity contribution in [2.45, 2.75) is 32.0 Å². The number of ether oxygens (including phenoxy) is 7. The Balaban J connectivity index is 1.04. The summed E-state index contributed by atoms with van der Waals surface area (Å²) in [7, 11) is 7.92. The summed E-state index contributed by atoms with van der Waals surface area (Å²) in [4.78, 5) is 18.6. The van der Waals surface area contributed by atoms with Crippen molar-refractivity contribution in [3.05, 3.63) is 94.5 Å². The maximum atomic E-state index is 12.7. The van der Waals surface area contributed by atoms with E-state index in [4.69, 9.17) is 38.0 Å². The minimum atomic E-state index is -0.401. The number of fused-ring (bicyclic) bond motifs is 1. The highest BCUT2D eigenvalue weighted by atomic mass is 16.6. The monoisotopic (exact) mass is 683 g/mol. The Morgan fingerprint density at radius 1 is 0.700 bits per heavy atom. The number of oxime groups is 1. The number of amides is 1. The lowest BCUT2D eigenvalue weighted by molar-refractivity contribution is 0.0854. The van der Waals surface area contributed by atoms with Crippen LogP contribution in [-0.4, -0.2) is 60.4 Å². The number of nitrogens with zero attached hydrogens (tertiary/aromatic N) is 1. The van der Waals surface area contributed by atoms with Crippen LogP contribution in [0.1, 0.15) is 57.7 Å². The van der Waals surface area contributed by atoms with E-state index in [-0.39, 0.29) is 12.0 Å². The van der Waals surface area contributed by atoms with E-state index < -0.39 is 6.17 Å². The zero-order chi connectivity index (χ0) is 35.2. The number of anilines is 1. The van der Waals surface area contributed by atoms with E-state index in [1.54, 1.807) is 35.5 Å². The van der Waals surface area contributed by atoms with Crippen molar-refractivity contribution < 1.29 is 42.8 Å². The average Bonchev–Trinajstić information content (AvgIpc) is 3.65. The van der Waals surface area contributed by atoms with E-state index in [9.17, 15) is 4.79 Å². The Kier molecular flexibility index (Phi) is 10.4. The van der Waals surface area contributed by atoms with Crippen molar-refractivity contribution in [3.63, 3.8) is 0 Å². The maximum Gasteiger partial charge on any atom is 0.255 e. The van der Waals surface area contributed by atoms with E-state index in [0.29, 0.717) is 71.9 Å². The lowest BCUT2D eigenvalue weighted by Crippen LogP contribution is -2.38. The molecule has 0 spiro atoms. The van der Waals surface area contributed by atoms with Crippen molar-refractivity contribution in [1.29, 1.82) is 0 Å². The van der Waals surface area contributed by atoms with Gasteiger partial charge in [0.1, 0.15) is 6.17 Å².